The van der Waals surface area contributed by atoms with Crippen LogP contribution in [-0.4, -0.2) is 64.7 Å². The van der Waals surface area contributed by atoms with Gasteiger partial charge in [-0.1, -0.05) is 36.4 Å². The number of nitrogens with one attached hydrogen (secondary N) is 2. The second-order valence-electron chi connectivity index (χ2n) is 10.2. The summed E-state index contributed by atoms with van der Waals surface area (Å²) >= 11 is 1.54. The quantitative estimate of drug-likeness (QED) is 0.377. The molecule has 0 aliphatic heterocycles. The van der Waals surface area contributed by atoms with Gasteiger partial charge in [0.1, 0.15) is 17.7 Å². The summed E-state index contributed by atoms with van der Waals surface area (Å²) in [4.78, 5) is 41.9. The van der Waals surface area contributed by atoms with Crippen molar-refractivity contribution in [3.05, 3.63) is 64.7 Å². The summed E-state index contributed by atoms with van der Waals surface area (Å²) in [5.41, 5.74) is 3.27. The maximum atomic E-state index is 14.0. The first-order chi connectivity index (χ1) is 17.9. The number of carbonyl (C=O) groups is 3. The third-order valence-electron chi connectivity index (χ3n) is 6.13. The van der Waals surface area contributed by atoms with Crippen LogP contribution in [0, 0.1) is 20.8 Å². The predicted octanol–water partition coefficient (Wildman–Crippen LogP) is 4.76. The highest BCUT2D eigenvalue weighted by molar-refractivity contribution is 7.98. The van der Waals surface area contributed by atoms with E-state index in [2.05, 4.69) is 10.6 Å². The number of carbonyl (C=O) groups excluding carboxylic acids is 3. The number of amides is 3. The predicted molar refractivity (Wildman–Crippen MR) is 153 cm³/mol. The van der Waals surface area contributed by atoms with Gasteiger partial charge >= 0.3 is 6.09 Å². The molecule has 0 spiro atoms. The van der Waals surface area contributed by atoms with Gasteiger partial charge in [0, 0.05) is 12.2 Å². The molecule has 0 aromatic heterocycles. The van der Waals surface area contributed by atoms with Crippen molar-refractivity contribution in [2.24, 2.45) is 0 Å². The Morgan fingerprint density at radius 2 is 1.68 bits per heavy atom. The zero-order valence-corrected chi connectivity index (χ0v) is 24.3. The van der Waals surface area contributed by atoms with Gasteiger partial charge in [-0.15, -0.1) is 0 Å². The van der Waals surface area contributed by atoms with Gasteiger partial charge < -0.3 is 25.4 Å². The number of aliphatic hydroxyl groups is 1. The lowest BCUT2D eigenvalue weighted by Crippen LogP contribution is -2.53. The van der Waals surface area contributed by atoms with E-state index in [0.717, 1.165) is 16.7 Å². The summed E-state index contributed by atoms with van der Waals surface area (Å²) in [7, 11) is 0. The van der Waals surface area contributed by atoms with Gasteiger partial charge in [0.05, 0.1) is 6.61 Å². The fourth-order valence-electron chi connectivity index (χ4n) is 4.05. The molecule has 3 amide bonds. The number of anilines is 1. The first kappa shape index (κ1) is 31.2. The topological polar surface area (TPSA) is 108 Å². The van der Waals surface area contributed by atoms with Crippen LogP contribution >= 0.6 is 11.8 Å². The molecule has 208 valence electrons. The van der Waals surface area contributed by atoms with E-state index >= 15 is 0 Å². The molecule has 2 rings (SSSR count). The molecule has 0 fully saturated rings. The second kappa shape index (κ2) is 14.2. The Balaban J connectivity index is 2.55. The number of para-hydroxylation sites is 1. The minimum Gasteiger partial charge on any atom is -0.444 e. The van der Waals surface area contributed by atoms with Crippen molar-refractivity contribution >= 4 is 35.4 Å². The lowest BCUT2D eigenvalue weighted by atomic mass is 9.94. The van der Waals surface area contributed by atoms with Crippen molar-refractivity contribution < 1.29 is 24.2 Å². The Labute approximate surface area is 230 Å². The van der Waals surface area contributed by atoms with Gasteiger partial charge in [0.2, 0.25) is 5.91 Å². The van der Waals surface area contributed by atoms with Crippen molar-refractivity contribution in [1.29, 1.82) is 0 Å². The van der Waals surface area contributed by atoms with E-state index in [1.54, 1.807) is 38.6 Å². The van der Waals surface area contributed by atoms with Crippen molar-refractivity contribution in [3.63, 3.8) is 0 Å². The van der Waals surface area contributed by atoms with Gasteiger partial charge in [0.25, 0.3) is 5.91 Å². The third kappa shape index (κ3) is 8.77. The number of ether oxygens (including phenoxy) is 1. The highest BCUT2D eigenvalue weighted by Gasteiger charge is 2.37. The maximum absolute atomic E-state index is 14.0. The molecular weight excluding hydrogens is 502 g/mol. The number of alkyl carbamates (subject to hydrolysis) is 1. The van der Waals surface area contributed by atoms with Crippen molar-refractivity contribution in [2.45, 2.75) is 65.6 Å². The van der Waals surface area contributed by atoms with Crippen LogP contribution in [0.25, 0.3) is 0 Å². The van der Waals surface area contributed by atoms with E-state index in [1.807, 2.05) is 63.4 Å². The molecule has 8 nitrogen and oxygen atoms in total. The molecule has 2 aromatic carbocycles. The Morgan fingerprint density at radius 1 is 1.03 bits per heavy atom. The number of rotatable bonds is 11. The molecule has 38 heavy (non-hydrogen) atoms. The summed E-state index contributed by atoms with van der Waals surface area (Å²) in [6, 6.07) is 11.0. The van der Waals surface area contributed by atoms with E-state index in [4.69, 9.17) is 4.74 Å². The Bertz CT molecular complexity index is 1120. The molecule has 0 bridgehead atoms. The number of hydrogen-bond acceptors (Lipinski definition) is 6. The van der Waals surface area contributed by atoms with Crippen LogP contribution in [0.2, 0.25) is 0 Å². The Kier molecular flexibility index (Phi) is 11.7. The molecule has 0 saturated heterocycles. The van der Waals surface area contributed by atoms with E-state index in [9.17, 15) is 19.5 Å². The van der Waals surface area contributed by atoms with Crippen LogP contribution in [-0.2, 0) is 14.3 Å². The van der Waals surface area contributed by atoms with Gasteiger partial charge in [-0.05, 0) is 88.3 Å². The normalized spacial score (nSPS) is 12.8. The van der Waals surface area contributed by atoms with Crippen molar-refractivity contribution in [2.75, 3.05) is 30.5 Å². The molecule has 2 atom stereocenters. The van der Waals surface area contributed by atoms with E-state index < -0.39 is 35.6 Å². The number of thioether (sulfide) groups is 1. The van der Waals surface area contributed by atoms with Crippen LogP contribution in [0.15, 0.2) is 42.5 Å². The molecule has 0 saturated carbocycles. The first-order valence-corrected chi connectivity index (χ1v) is 14.1. The molecule has 0 aliphatic carbocycles. The molecule has 3 N–H and O–H groups in total. The molecule has 2 aromatic rings. The van der Waals surface area contributed by atoms with Crippen LogP contribution in [0.4, 0.5) is 10.5 Å². The van der Waals surface area contributed by atoms with Gasteiger partial charge in [0.15, 0.2) is 0 Å². The van der Waals surface area contributed by atoms with E-state index in [0.29, 0.717) is 23.4 Å². The monoisotopic (exact) mass is 543 g/mol. The largest absolute Gasteiger partial charge is 0.444 e. The summed E-state index contributed by atoms with van der Waals surface area (Å²) in [6.45, 7) is 10.5. The van der Waals surface area contributed by atoms with Gasteiger partial charge in [-0.2, -0.15) is 11.8 Å². The van der Waals surface area contributed by atoms with E-state index in [-0.39, 0.29) is 13.2 Å². The average molecular weight is 544 g/mol. The Morgan fingerprint density at radius 3 is 2.29 bits per heavy atom. The zero-order chi connectivity index (χ0) is 28.5. The molecule has 0 heterocycles. The molecule has 0 aliphatic rings. The van der Waals surface area contributed by atoms with Crippen LogP contribution in [0.5, 0.6) is 0 Å². The average Bonchev–Trinajstić information content (AvgIpc) is 2.83. The highest BCUT2D eigenvalue weighted by Crippen LogP contribution is 2.29. The lowest BCUT2D eigenvalue weighted by molar-refractivity contribution is -0.141. The number of hydrogen-bond donors (Lipinski definition) is 3. The SMILES string of the molecule is CSCCC(NC(=O)OC(C)(C)C)C(=O)N(CCO)C(C(=O)Nc1ccccc1C)c1cccc(C)c1C. The molecular formula is C29H41N3O5S. The second-order valence-corrected chi connectivity index (χ2v) is 11.2. The molecule has 9 heteroatoms. The minimum atomic E-state index is -1.04. The first-order valence-electron chi connectivity index (χ1n) is 12.7. The third-order valence-corrected chi connectivity index (χ3v) is 6.77. The summed E-state index contributed by atoms with van der Waals surface area (Å²) in [6.07, 6.45) is 1.53. The van der Waals surface area contributed by atoms with Crippen molar-refractivity contribution in [3.8, 4) is 0 Å². The number of benzene rings is 2. The maximum Gasteiger partial charge on any atom is 0.408 e. The smallest absolute Gasteiger partial charge is 0.408 e. The van der Waals surface area contributed by atoms with E-state index in [1.165, 1.54) is 4.90 Å². The molecule has 2 unspecified atom stereocenters. The van der Waals surface area contributed by atoms with Gasteiger partial charge in [-0.3, -0.25) is 9.59 Å². The summed E-state index contributed by atoms with van der Waals surface area (Å²) < 4.78 is 5.40. The summed E-state index contributed by atoms with van der Waals surface area (Å²) in [5.74, 6) is -0.275. The van der Waals surface area contributed by atoms with Crippen LogP contribution in [0.3, 0.4) is 0 Å². The standard InChI is InChI=1S/C29H41N3O5S/c1-19-12-10-13-22(21(19)3)25(26(34)30-23-14-9-8-11-20(23)2)32(16-17-33)27(35)24(15-18-38-7)31-28(36)37-29(4,5)6/h8-14,24-25,33H,15-18H2,1-7H3,(H,30,34)(H,31,36). The number of aryl methyl sites for hydroxylation is 2. The lowest BCUT2D eigenvalue weighted by Gasteiger charge is -2.35. The Hall–Kier alpha value is -3.04. The van der Waals surface area contributed by atoms with Crippen molar-refractivity contribution in [1.82, 2.24) is 10.2 Å². The fraction of sp³-hybridized carbons (Fsp3) is 0.483. The number of aliphatic hydroxyl groups excluding tert-OH is 1. The zero-order valence-electron chi connectivity index (χ0n) is 23.5. The minimum absolute atomic E-state index is 0.0934. The fourth-order valence-corrected chi connectivity index (χ4v) is 4.52. The van der Waals surface area contributed by atoms with Crippen LogP contribution < -0.4 is 10.6 Å². The highest BCUT2D eigenvalue weighted by atomic mass is 32.2. The van der Waals surface area contributed by atoms with Crippen LogP contribution in [0.1, 0.15) is 55.5 Å². The number of nitrogens with zero attached hydrogens (tertiary/aromatic N) is 1. The summed E-state index contributed by atoms with van der Waals surface area (Å²) in [5, 5.41) is 15.6. The van der Waals surface area contributed by atoms with Gasteiger partial charge in [-0.25, -0.2) is 4.79 Å². The molecule has 0 radical (unpaired) electrons.